The minimum absolute atomic E-state index is 0.219. The molecular formula is C18H19N5O. The van der Waals surface area contributed by atoms with E-state index in [1.165, 1.54) is 6.08 Å². The van der Waals surface area contributed by atoms with Crippen molar-refractivity contribution in [1.82, 2.24) is 19.6 Å². The number of benzene rings is 1. The van der Waals surface area contributed by atoms with E-state index in [2.05, 4.69) is 27.6 Å². The number of aryl methyl sites for hydroxylation is 2. The van der Waals surface area contributed by atoms with E-state index in [-0.39, 0.29) is 5.91 Å². The average molecular weight is 321 g/mol. The quantitative estimate of drug-likeness (QED) is 0.735. The van der Waals surface area contributed by atoms with Crippen molar-refractivity contribution in [2.24, 2.45) is 7.05 Å². The van der Waals surface area contributed by atoms with Crippen molar-refractivity contribution < 1.29 is 4.79 Å². The molecule has 0 aliphatic heterocycles. The van der Waals surface area contributed by atoms with Crippen LogP contribution in [0.5, 0.6) is 0 Å². The lowest BCUT2D eigenvalue weighted by atomic mass is 10.2. The van der Waals surface area contributed by atoms with E-state index in [0.717, 1.165) is 16.8 Å². The van der Waals surface area contributed by atoms with Crippen molar-refractivity contribution in [3.05, 3.63) is 71.7 Å². The predicted octanol–water partition coefficient (Wildman–Crippen LogP) is 2.63. The molecule has 1 N–H and O–H groups in total. The molecule has 0 saturated carbocycles. The first-order valence-electron chi connectivity index (χ1n) is 7.66. The number of hydrogen-bond acceptors (Lipinski definition) is 3. The van der Waals surface area contributed by atoms with Crippen LogP contribution >= 0.6 is 0 Å². The van der Waals surface area contributed by atoms with Crippen LogP contribution in [0.25, 0.3) is 6.08 Å². The lowest BCUT2D eigenvalue weighted by molar-refractivity contribution is -0.111. The molecule has 3 aromatic rings. The highest BCUT2D eigenvalue weighted by atomic mass is 16.1. The summed E-state index contributed by atoms with van der Waals surface area (Å²) in [5, 5.41) is 11.3. The standard InChI is InChI=1S/C18H19N5O/c1-14-10-17(21-23(14)13-15-6-4-3-5-7-15)20-18(24)9-8-16-11-19-22(2)12-16/h3-12H,13H2,1-2H3,(H,20,21,24)/b9-8+. The Morgan fingerprint density at radius 2 is 2.08 bits per heavy atom. The molecule has 6 nitrogen and oxygen atoms in total. The van der Waals surface area contributed by atoms with Gasteiger partial charge < -0.3 is 5.32 Å². The molecule has 0 unspecified atom stereocenters. The second kappa shape index (κ2) is 6.95. The maximum Gasteiger partial charge on any atom is 0.249 e. The van der Waals surface area contributed by atoms with Gasteiger partial charge >= 0.3 is 0 Å². The van der Waals surface area contributed by atoms with Gasteiger partial charge in [-0.15, -0.1) is 0 Å². The molecule has 0 radical (unpaired) electrons. The molecule has 3 rings (SSSR count). The van der Waals surface area contributed by atoms with Gasteiger partial charge in [0.1, 0.15) is 0 Å². The second-order valence-corrected chi connectivity index (χ2v) is 5.58. The molecule has 0 bridgehead atoms. The number of carbonyl (C=O) groups is 1. The number of nitrogens with zero attached hydrogens (tertiary/aromatic N) is 4. The van der Waals surface area contributed by atoms with E-state index in [9.17, 15) is 4.79 Å². The Bertz CT molecular complexity index is 861. The molecule has 0 atom stereocenters. The van der Waals surface area contributed by atoms with Gasteiger partial charge in [0.2, 0.25) is 5.91 Å². The van der Waals surface area contributed by atoms with Crippen LogP contribution in [0.4, 0.5) is 5.82 Å². The molecule has 1 amide bonds. The lowest BCUT2D eigenvalue weighted by Crippen LogP contribution is -2.09. The SMILES string of the molecule is Cc1cc(NC(=O)/C=C/c2cnn(C)c2)nn1Cc1ccccc1. The Kier molecular flexibility index (Phi) is 4.56. The first-order chi connectivity index (χ1) is 11.6. The fourth-order valence-corrected chi connectivity index (χ4v) is 2.35. The Balaban J connectivity index is 1.64. The Labute approximate surface area is 140 Å². The van der Waals surface area contributed by atoms with Gasteiger partial charge in [0, 0.05) is 36.6 Å². The number of aromatic nitrogens is 4. The fraction of sp³-hybridized carbons (Fsp3) is 0.167. The van der Waals surface area contributed by atoms with Crippen molar-refractivity contribution in [3.63, 3.8) is 0 Å². The predicted molar refractivity (Wildman–Crippen MR) is 93.4 cm³/mol. The van der Waals surface area contributed by atoms with Crippen LogP contribution in [0.1, 0.15) is 16.8 Å². The Morgan fingerprint density at radius 3 is 2.79 bits per heavy atom. The summed E-state index contributed by atoms with van der Waals surface area (Å²) in [5.74, 6) is 0.326. The summed E-state index contributed by atoms with van der Waals surface area (Å²) < 4.78 is 3.56. The summed E-state index contributed by atoms with van der Waals surface area (Å²) >= 11 is 0. The van der Waals surface area contributed by atoms with Gasteiger partial charge in [0.05, 0.1) is 12.7 Å². The van der Waals surface area contributed by atoms with Gasteiger partial charge in [0.15, 0.2) is 5.82 Å². The van der Waals surface area contributed by atoms with E-state index < -0.39 is 0 Å². The molecule has 122 valence electrons. The number of carbonyl (C=O) groups excluding carboxylic acids is 1. The molecule has 0 fully saturated rings. The first kappa shape index (κ1) is 15.7. The monoisotopic (exact) mass is 321 g/mol. The fourth-order valence-electron chi connectivity index (χ4n) is 2.35. The summed E-state index contributed by atoms with van der Waals surface area (Å²) in [6.45, 7) is 2.64. The Morgan fingerprint density at radius 1 is 1.29 bits per heavy atom. The second-order valence-electron chi connectivity index (χ2n) is 5.58. The van der Waals surface area contributed by atoms with Crippen molar-refractivity contribution >= 4 is 17.8 Å². The van der Waals surface area contributed by atoms with Crippen LogP contribution in [-0.2, 0) is 18.4 Å². The molecule has 0 aliphatic rings. The topological polar surface area (TPSA) is 64.7 Å². The zero-order chi connectivity index (χ0) is 16.9. The zero-order valence-corrected chi connectivity index (χ0v) is 13.7. The van der Waals surface area contributed by atoms with Gasteiger partial charge in [-0.05, 0) is 18.6 Å². The lowest BCUT2D eigenvalue weighted by Gasteiger charge is -2.03. The van der Waals surface area contributed by atoms with Gasteiger partial charge in [-0.3, -0.25) is 14.2 Å². The largest absolute Gasteiger partial charge is 0.306 e. The number of nitrogens with one attached hydrogen (secondary N) is 1. The third kappa shape index (κ3) is 3.98. The highest BCUT2D eigenvalue weighted by Gasteiger charge is 2.07. The maximum atomic E-state index is 12.0. The summed E-state index contributed by atoms with van der Waals surface area (Å²) in [6, 6.07) is 11.9. The van der Waals surface area contributed by atoms with Crippen LogP contribution < -0.4 is 5.32 Å². The van der Waals surface area contributed by atoms with Gasteiger partial charge in [-0.2, -0.15) is 10.2 Å². The van der Waals surface area contributed by atoms with Gasteiger partial charge in [-0.25, -0.2) is 0 Å². The van der Waals surface area contributed by atoms with Crippen LogP contribution in [0.3, 0.4) is 0 Å². The third-order valence-corrected chi connectivity index (χ3v) is 3.56. The third-order valence-electron chi connectivity index (χ3n) is 3.56. The smallest absolute Gasteiger partial charge is 0.249 e. The average Bonchev–Trinajstić information content (AvgIpc) is 3.12. The van der Waals surface area contributed by atoms with Crippen LogP contribution in [0, 0.1) is 6.92 Å². The van der Waals surface area contributed by atoms with Crippen LogP contribution in [-0.4, -0.2) is 25.5 Å². The molecule has 6 heteroatoms. The van der Waals surface area contributed by atoms with Crippen LogP contribution in [0.15, 0.2) is 54.9 Å². The van der Waals surface area contributed by atoms with Gasteiger partial charge in [-0.1, -0.05) is 30.3 Å². The summed E-state index contributed by atoms with van der Waals surface area (Å²) in [7, 11) is 1.83. The molecule has 0 aliphatic carbocycles. The molecule has 0 saturated heterocycles. The van der Waals surface area contributed by atoms with Crippen LogP contribution in [0.2, 0.25) is 0 Å². The maximum absolute atomic E-state index is 12.0. The van der Waals surface area contributed by atoms with Crippen molar-refractivity contribution in [2.45, 2.75) is 13.5 Å². The minimum atomic E-state index is -0.219. The summed E-state index contributed by atoms with van der Waals surface area (Å²) in [5.41, 5.74) is 3.03. The summed E-state index contributed by atoms with van der Waals surface area (Å²) in [4.78, 5) is 12.0. The number of hydrogen-bond donors (Lipinski definition) is 1. The minimum Gasteiger partial charge on any atom is -0.306 e. The van der Waals surface area contributed by atoms with E-state index in [1.54, 1.807) is 17.0 Å². The zero-order valence-electron chi connectivity index (χ0n) is 13.7. The van der Waals surface area contributed by atoms with Gasteiger partial charge in [0.25, 0.3) is 0 Å². The molecule has 1 aromatic carbocycles. The van der Waals surface area contributed by atoms with Crippen molar-refractivity contribution in [2.75, 3.05) is 5.32 Å². The highest BCUT2D eigenvalue weighted by Crippen LogP contribution is 2.11. The van der Waals surface area contributed by atoms with E-state index in [4.69, 9.17) is 0 Å². The Hall–Kier alpha value is -3.15. The highest BCUT2D eigenvalue weighted by molar-refractivity contribution is 6.01. The molecular weight excluding hydrogens is 302 g/mol. The van der Waals surface area contributed by atoms with E-state index >= 15 is 0 Å². The molecule has 2 aromatic heterocycles. The number of amides is 1. The van der Waals surface area contributed by atoms with Crippen molar-refractivity contribution in [3.8, 4) is 0 Å². The number of rotatable bonds is 5. The van der Waals surface area contributed by atoms with E-state index in [0.29, 0.717) is 12.4 Å². The van der Waals surface area contributed by atoms with Crippen molar-refractivity contribution in [1.29, 1.82) is 0 Å². The summed E-state index contributed by atoms with van der Waals surface area (Å²) in [6.07, 6.45) is 6.73. The molecule has 2 heterocycles. The molecule has 0 spiro atoms. The molecule has 24 heavy (non-hydrogen) atoms. The first-order valence-corrected chi connectivity index (χ1v) is 7.66. The normalized spacial score (nSPS) is 11.1. The van der Waals surface area contributed by atoms with E-state index in [1.807, 2.05) is 49.1 Å². The number of anilines is 1.